The van der Waals surface area contributed by atoms with Crippen molar-refractivity contribution in [2.24, 2.45) is 23.7 Å². The normalized spacial score (nSPS) is 28.4. The average molecular weight is 349 g/mol. The molecule has 0 spiro atoms. The summed E-state index contributed by atoms with van der Waals surface area (Å²) >= 11 is 7.29. The molecule has 1 aromatic carbocycles. The third-order valence-corrected chi connectivity index (χ3v) is 5.80. The lowest BCUT2D eigenvalue weighted by Gasteiger charge is -2.23. The molecule has 2 aromatic rings. The molecule has 0 unspecified atom stereocenters. The molecule has 0 radical (unpaired) electrons. The number of anilines is 1. The van der Waals surface area contributed by atoms with Crippen molar-refractivity contribution in [2.45, 2.75) is 6.42 Å². The van der Waals surface area contributed by atoms with Crippen molar-refractivity contribution in [3.05, 3.63) is 35.4 Å². The molecule has 0 aliphatic heterocycles. The van der Waals surface area contributed by atoms with Crippen LogP contribution in [0.3, 0.4) is 0 Å². The Bertz CT molecular complexity index is 847. The molecule has 2 aliphatic rings. The number of carboxylic acids is 1. The van der Waals surface area contributed by atoms with Crippen LogP contribution in [0.4, 0.5) is 5.13 Å². The van der Waals surface area contributed by atoms with Crippen molar-refractivity contribution >= 4 is 50.2 Å². The van der Waals surface area contributed by atoms with E-state index in [-0.39, 0.29) is 17.7 Å². The fraction of sp³-hybridized carbons (Fsp3) is 0.312. The number of thiazole rings is 1. The van der Waals surface area contributed by atoms with Gasteiger partial charge in [-0.25, -0.2) is 4.98 Å². The van der Waals surface area contributed by atoms with Gasteiger partial charge in [0.1, 0.15) is 0 Å². The minimum Gasteiger partial charge on any atom is -0.481 e. The number of rotatable bonds is 3. The van der Waals surface area contributed by atoms with Crippen LogP contribution in [-0.4, -0.2) is 22.0 Å². The molecule has 1 aromatic heterocycles. The van der Waals surface area contributed by atoms with Gasteiger partial charge in [0, 0.05) is 5.02 Å². The summed E-state index contributed by atoms with van der Waals surface area (Å²) in [7, 11) is 0. The van der Waals surface area contributed by atoms with Crippen LogP contribution < -0.4 is 5.32 Å². The average Bonchev–Trinajstić information content (AvgIpc) is 3.18. The van der Waals surface area contributed by atoms with Gasteiger partial charge < -0.3 is 10.4 Å². The molecule has 1 amide bonds. The van der Waals surface area contributed by atoms with Gasteiger partial charge in [-0.3, -0.25) is 9.59 Å². The summed E-state index contributed by atoms with van der Waals surface area (Å²) in [5.74, 6) is -2.38. The summed E-state index contributed by atoms with van der Waals surface area (Å²) in [5.41, 5.74) is 0.761. The zero-order valence-corrected chi connectivity index (χ0v) is 13.5. The lowest BCUT2D eigenvalue weighted by molar-refractivity contribution is -0.146. The molecule has 4 atom stereocenters. The summed E-state index contributed by atoms with van der Waals surface area (Å²) in [5, 5.41) is 13.3. The van der Waals surface area contributed by atoms with Crippen molar-refractivity contribution in [1.82, 2.24) is 4.98 Å². The third-order valence-electron chi connectivity index (χ3n) is 4.63. The van der Waals surface area contributed by atoms with Crippen molar-refractivity contribution in [1.29, 1.82) is 0 Å². The van der Waals surface area contributed by atoms with Gasteiger partial charge in [-0.1, -0.05) is 35.1 Å². The molecule has 5 nitrogen and oxygen atoms in total. The molecule has 4 rings (SSSR count). The van der Waals surface area contributed by atoms with Gasteiger partial charge in [-0.05, 0) is 36.5 Å². The summed E-state index contributed by atoms with van der Waals surface area (Å²) in [4.78, 5) is 28.5. The number of aromatic nitrogens is 1. The molecular formula is C16H13ClN2O3S. The highest BCUT2D eigenvalue weighted by atomic mass is 35.5. The largest absolute Gasteiger partial charge is 0.481 e. The van der Waals surface area contributed by atoms with Crippen LogP contribution in [0.1, 0.15) is 6.42 Å². The van der Waals surface area contributed by atoms with E-state index in [0.29, 0.717) is 10.2 Å². The quantitative estimate of drug-likeness (QED) is 0.833. The standard InChI is InChI=1S/C16H13ClN2O3S/c17-9-3-4-10-11(6-9)23-16(18-10)19-14(20)12-7-1-2-8(5-7)13(12)15(21)22/h1-4,6-8,12-13H,5H2,(H,21,22)(H,18,19,20)/t7-,8-,12-,13+/m0/s1. The second kappa shape index (κ2) is 5.32. The van der Waals surface area contributed by atoms with E-state index in [1.54, 1.807) is 18.2 Å². The maximum atomic E-state index is 12.6. The van der Waals surface area contributed by atoms with Crippen LogP contribution in [-0.2, 0) is 9.59 Å². The van der Waals surface area contributed by atoms with Gasteiger partial charge >= 0.3 is 5.97 Å². The zero-order valence-electron chi connectivity index (χ0n) is 11.9. The predicted octanol–water partition coefficient (Wildman–Crippen LogP) is 3.41. The maximum absolute atomic E-state index is 12.6. The number of carbonyl (C=O) groups excluding carboxylic acids is 1. The van der Waals surface area contributed by atoms with E-state index in [4.69, 9.17) is 11.6 Å². The molecule has 0 saturated heterocycles. The molecule has 1 heterocycles. The van der Waals surface area contributed by atoms with Crippen LogP contribution in [0.15, 0.2) is 30.4 Å². The Balaban J connectivity index is 1.59. The van der Waals surface area contributed by atoms with Gasteiger partial charge in [-0.15, -0.1) is 0 Å². The summed E-state index contributed by atoms with van der Waals surface area (Å²) in [6.07, 6.45) is 4.63. The lowest BCUT2D eigenvalue weighted by atomic mass is 9.82. The SMILES string of the molecule is O=C(Nc1nc2ccc(Cl)cc2s1)[C@@H]1[C@H](C(=O)O)[C@H]2C=C[C@H]1C2. The number of nitrogens with zero attached hydrogens (tertiary/aromatic N) is 1. The molecule has 7 heteroatoms. The van der Waals surface area contributed by atoms with Crippen LogP contribution >= 0.6 is 22.9 Å². The van der Waals surface area contributed by atoms with Gasteiger partial charge in [0.05, 0.1) is 22.1 Å². The lowest BCUT2D eigenvalue weighted by Crippen LogP contribution is -2.36. The van der Waals surface area contributed by atoms with Crippen molar-refractivity contribution in [3.63, 3.8) is 0 Å². The van der Waals surface area contributed by atoms with Crippen molar-refractivity contribution in [3.8, 4) is 0 Å². The van der Waals surface area contributed by atoms with Crippen LogP contribution in [0.25, 0.3) is 10.2 Å². The summed E-state index contributed by atoms with van der Waals surface area (Å²) in [6, 6.07) is 5.34. The van der Waals surface area contributed by atoms with Crippen molar-refractivity contribution < 1.29 is 14.7 Å². The Morgan fingerprint density at radius 2 is 2.00 bits per heavy atom. The molecule has 118 valence electrons. The van der Waals surface area contributed by atoms with E-state index in [1.807, 2.05) is 12.2 Å². The third kappa shape index (κ3) is 2.42. The van der Waals surface area contributed by atoms with E-state index >= 15 is 0 Å². The Hall–Kier alpha value is -1.92. The Morgan fingerprint density at radius 1 is 1.26 bits per heavy atom. The second-order valence-corrected chi connectivity index (χ2v) is 7.43. The van der Waals surface area contributed by atoms with E-state index in [0.717, 1.165) is 16.6 Å². The Morgan fingerprint density at radius 3 is 2.74 bits per heavy atom. The molecule has 2 bridgehead atoms. The number of allylic oxidation sites excluding steroid dienone is 2. The van der Waals surface area contributed by atoms with Gasteiger partial charge in [0.25, 0.3) is 0 Å². The Kier molecular flexibility index (Phi) is 3.39. The highest BCUT2D eigenvalue weighted by Crippen LogP contribution is 2.48. The maximum Gasteiger partial charge on any atom is 0.307 e. The molecule has 2 N–H and O–H groups in total. The number of carboxylic acid groups (broad SMARTS) is 1. The first kappa shape index (κ1) is 14.7. The highest BCUT2D eigenvalue weighted by molar-refractivity contribution is 7.22. The number of nitrogens with one attached hydrogen (secondary N) is 1. The van der Waals surface area contributed by atoms with E-state index < -0.39 is 17.8 Å². The van der Waals surface area contributed by atoms with Crippen molar-refractivity contribution in [2.75, 3.05) is 5.32 Å². The summed E-state index contributed by atoms with van der Waals surface area (Å²) < 4.78 is 0.885. The number of fused-ring (bicyclic) bond motifs is 3. The molecule has 1 fully saturated rings. The molecule has 23 heavy (non-hydrogen) atoms. The molecule has 2 aliphatic carbocycles. The highest BCUT2D eigenvalue weighted by Gasteiger charge is 2.51. The second-order valence-electron chi connectivity index (χ2n) is 5.96. The monoisotopic (exact) mass is 348 g/mol. The minimum atomic E-state index is -0.905. The number of amides is 1. The molecular weight excluding hydrogens is 336 g/mol. The first-order chi connectivity index (χ1) is 11.0. The fourth-order valence-corrected chi connectivity index (χ4v) is 4.80. The fourth-order valence-electron chi connectivity index (χ4n) is 3.66. The van der Waals surface area contributed by atoms with Gasteiger partial charge in [-0.2, -0.15) is 0 Å². The minimum absolute atomic E-state index is 0.00456. The smallest absolute Gasteiger partial charge is 0.307 e. The zero-order chi connectivity index (χ0) is 16.1. The van der Waals surface area contributed by atoms with Crippen LogP contribution in [0.5, 0.6) is 0 Å². The number of carbonyl (C=O) groups is 2. The number of aliphatic carboxylic acids is 1. The van der Waals surface area contributed by atoms with Crippen LogP contribution in [0.2, 0.25) is 5.02 Å². The van der Waals surface area contributed by atoms with Gasteiger partial charge in [0.2, 0.25) is 5.91 Å². The topological polar surface area (TPSA) is 79.3 Å². The van der Waals surface area contributed by atoms with Gasteiger partial charge in [0.15, 0.2) is 5.13 Å². The number of hydrogen-bond donors (Lipinski definition) is 2. The van der Waals surface area contributed by atoms with E-state index in [1.165, 1.54) is 11.3 Å². The molecule has 1 saturated carbocycles. The number of hydrogen-bond acceptors (Lipinski definition) is 4. The predicted molar refractivity (Wildman–Crippen MR) is 88.6 cm³/mol. The van der Waals surface area contributed by atoms with Crippen LogP contribution in [0, 0.1) is 23.7 Å². The van der Waals surface area contributed by atoms with E-state index in [9.17, 15) is 14.7 Å². The first-order valence-corrected chi connectivity index (χ1v) is 8.50. The Labute approximate surface area is 141 Å². The van der Waals surface area contributed by atoms with E-state index in [2.05, 4.69) is 10.3 Å². The number of halogens is 1. The number of benzene rings is 1. The summed E-state index contributed by atoms with van der Waals surface area (Å²) in [6.45, 7) is 0. The first-order valence-electron chi connectivity index (χ1n) is 7.31.